The molecule has 0 spiro atoms. The molecule has 0 bridgehead atoms. The van der Waals surface area contributed by atoms with Crippen LogP contribution in [0.1, 0.15) is 25.3 Å². The van der Waals surface area contributed by atoms with Crippen molar-refractivity contribution in [3.8, 4) is 0 Å². The molecular weight excluding hydrogens is 213 g/mol. The fraction of sp³-hybridized carbons (Fsp3) is 0.500. The Balaban J connectivity index is 2.28. The predicted octanol–water partition coefficient (Wildman–Crippen LogP) is 3.41. The molecular formula is C12H17ClFN. The van der Waals surface area contributed by atoms with Gasteiger partial charge in [-0.2, -0.15) is 0 Å². The van der Waals surface area contributed by atoms with Crippen molar-refractivity contribution >= 4 is 11.6 Å². The number of aryl methyl sites for hydroxylation is 1. The Morgan fingerprint density at radius 3 is 2.80 bits per heavy atom. The van der Waals surface area contributed by atoms with E-state index >= 15 is 0 Å². The summed E-state index contributed by atoms with van der Waals surface area (Å²) in [6, 6.07) is 5.01. The van der Waals surface area contributed by atoms with Gasteiger partial charge in [-0.15, -0.1) is 0 Å². The van der Waals surface area contributed by atoms with E-state index in [2.05, 4.69) is 12.2 Å². The summed E-state index contributed by atoms with van der Waals surface area (Å²) in [7, 11) is 0. The van der Waals surface area contributed by atoms with Gasteiger partial charge in [-0.25, -0.2) is 4.39 Å². The van der Waals surface area contributed by atoms with E-state index in [4.69, 9.17) is 11.6 Å². The largest absolute Gasteiger partial charge is 0.317 e. The Hall–Kier alpha value is -0.600. The first-order chi connectivity index (χ1) is 7.24. The molecule has 1 aromatic carbocycles. The normalized spacial score (nSPS) is 10.6. The van der Waals surface area contributed by atoms with Crippen LogP contribution in [0, 0.1) is 5.82 Å². The first-order valence-corrected chi connectivity index (χ1v) is 5.76. The van der Waals surface area contributed by atoms with E-state index in [9.17, 15) is 4.39 Å². The third kappa shape index (κ3) is 4.63. The second-order valence-electron chi connectivity index (χ2n) is 3.60. The van der Waals surface area contributed by atoms with Crippen molar-refractivity contribution in [2.45, 2.75) is 26.2 Å². The van der Waals surface area contributed by atoms with Gasteiger partial charge in [0.2, 0.25) is 0 Å². The second-order valence-corrected chi connectivity index (χ2v) is 4.01. The van der Waals surface area contributed by atoms with Crippen molar-refractivity contribution in [2.75, 3.05) is 13.1 Å². The predicted molar refractivity (Wildman–Crippen MR) is 62.9 cm³/mol. The molecule has 0 aliphatic heterocycles. The van der Waals surface area contributed by atoms with Gasteiger partial charge in [-0.05, 0) is 50.0 Å². The number of hydrogen-bond acceptors (Lipinski definition) is 1. The molecule has 0 saturated heterocycles. The maximum atomic E-state index is 13.1. The van der Waals surface area contributed by atoms with Gasteiger partial charge in [0.05, 0.1) is 5.02 Å². The molecule has 1 N–H and O–H groups in total. The second kappa shape index (κ2) is 6.81. The lowest BCUT2D eigenvalue weighted by Gasteiger charge is -2.04. The summed E-state index contributed by atoms with van der Waals surface area (Å²) in [5.74, 6) is -0.323. The van der Waals surface area contributed by atoms with Crippen LogP contribution in [0.3, 0.4) is 0 Å². The van der Waals surface area contributed by atoms with Crippen LogP contribution in [-0.4, -0.2) is 13.1 Å². The van der Waals surface area contributed by atoms with E-state index < -0.39 is 0 Å². The van der Waals surface area contributed by atoms with Crippen LogP contribution in [0.25, 0.3) is 0 Å². The van der Waals surface area contributed by atoms with Crippen LogP contribution >= 0.6 is 11.6 Å². The highest BCUT2D eigenvalue weighted by molar-refractivity contribution is 6.30. The summed E-state index contributed by atoms with van der Waals surface area (Å²) in [6.45, 7) is 4.18. The van der Waals surface area contributed by atoms with Crippen LogP contribution in [0.4, 0.5) is 4.39 Å². The lowest BCUT2D eigenvalue weighted by atomic mass is 10.1. The Labute approximate surface area is 95.6 Å². The SMILES string of the molecule is CCCNCCCc1ccc(Cl)c(F)c1. The highest BCUT2D eigenvalue weighted by Crippen LogP contribution is 2.16. The summed E-state index contributed by atoms with van der Waals surface area (Å²) in [6.07, 6.45) is 3.07. The van der Waals surface area contributed by atoms with Gasteiger partial charge in [-0.3, -0.25) is 0 Å². The molecule has 84 valence electrons. The van der Waals surface area contributed by atoms with Crippen molar-refractivity contribution in [1.82, 2.24) is 5.32 Å². The van der Waals surface area contributed by atoms with Gasteiger partial charge in [-0.1, -0.05) is 24.6 Å². The zero-order valence-electron chi connectivity index (χ0n) is 9.02. The lowest BCUT2D eigenvalue weighted by Crippen LogP contribution is -2.16. The first kappa shape index (κ1) is 12.5. The lowest BCUT2D eigenvalue weighted by molar-refractivity contribution is 0.619. The molecule has 0 aliphatic carbocycles. The molecule has 0 heterocycles. The average Bonchev–Trinajstić information content (AvgIpc) is 2.23. The third-order valence-electron chi connectivity index (χ3n) is 2.23. The summed E-state index contributed by atoms with van der Waals surface area (Å²) < 4.78 is 13.1. The summed E-state index contributed by atoms with van der Waals surface area (Å²) >= 11 is 5.60. The van der Waals surface area contributed by atoms with E-state index in [1.54, 1.807) is 6.07 Å². The third-order valence-corrected chi connectivity index (χ3v) is 2.54. The zero-order chi connectivity index (χ0) is 11.1. The van der Waals surface area contributed by atoms with E-state index in [0.717, 1.165) is 37.9 Å². The van der Waals surface area contributed by atoms with E-state index in [-0.39, 0.29) is 10.8 Å². The molecule has 0 amide bonds. The molecule has 1 aromatic rings. The minimum Gasteiger partial charge on any atom is -0.317 e. The fourth-order valence-electron chi connectivity index (χ4n) is 1.41. The highest BCUT2D eigenvalue weighted by atomic mass is 35.5. The van der Waals surface area contributed by atoms with Gasteiger partial charge in [0, 0.05) is 0 Å². The molecule has 3 heteroatoms. The highest BCUT2D eigenvalue weighted by Gasteiger charge is 2.00. The van der Waals surface area contributed by atoms with Crippen LogP contribution in [0.2, 0.25) is 5.02 Å². The van der Waals surface area contributed by atoms with Crippen LogP contribution in [0.5, 0.6) is 0 Å². The Morgan fingerprint density at radius 2 is 2.13 bits per heavy atom. The van der Waals surface area contributed by atoms with Crippen molar-refractivity contribution in [3.63, 3.8) is 0 Å². The van der Waals surface area contributed by atoms with Crippen LogP contribution in [0.15, 0.2) is 18.2 Å². The zero-order valence-corrected chi connectivity index (χ0v) is 9.78. The first-order valence-electron chi connectivity index (χ1n) is 5.38. The summed E-state index contributed by atoms with van der Waals surface area (Å²) in [5.41, 5.74) is 1.01. The van der Waals surface area contributed by atoms with Crippen molar-refractivity contribution in [1.29, 1.82) is 0 Å². The van der Waals surface area contributed by atoms with Crippen LogP contribution in [-0.2, 0) is 6.42 Å². The molecule has 0 fully saturated rings. The average molecular weight is 230 g/mol. The maximum absolute atomic E-state index is 13.1. The molecule has 0 saturated carbocycles. The van der Waals surface area contributed by atoms with E-state index in [0.29, 0.717) is 0 Å². The topological polar surface area (TPSA) is 12.0 Å². The smallest absolute Gasteiger partial charge is 0.142 e. The standard InChI is InChI=1S/C12H17ClFN/c1-2-7-15-8-3-4-10-5-6-11(13)12(14)9-10/h5-6,9,15H,2-4,7-8H2,1H3. The molecule has 1 nitrogen and oxygen atoms in total. The monoisotopic (exact) mass is 229 g/mol. The fourth-order valence-corrected chi connectivity index (χ4v) is 1.53. The van der Waals surface area contributed by atoms with E-state index in [1.165, 1.54) is 6.07 Å². The number of benzene rings is 1. The number of rotatable bonds is 6. The Morgan fingerprint density at radius 1 is 1.33 bits per heavy atom. The van der Waals surface area contributed by atoms with E-state index in [1.807, 2.05) is 6.07 Å². The van der Waals surface area contributed by atoms with Gasteiger partial charge >= 0.3 is 0 Å². The van der Waals surface area contributed by atoms with Crippen LogP contribution < -0.4 is 5.32 Å². The van der Waals surface area contributed by atoms with Crippen molar-refractivity contribution < 1.29 is 4.39 Å². The van der Waals surface area contributed by atoms with Crippen molar-refractivity contribution in [2.24, 2.45) is 0 Å². The molecule has 1 rings (SSSR count). The number of nitrogens with one attached hydrogen (secondary N) is 1. The van der Waals surface area contributed by atoms with Gasteiger partial charge in [0.1, 0.15) is 5.82 Å². The number of hydrogen-bond donors (Lipinski definition) is 1. The Kier molecular flexibility index (Phi) is 5.66. The van der Waals surface area contributed by atoms with Gasteiger partial charge in [0.25, 0.3) is 0 Å². The summed E-state index contributed by atoms with van der Waals surface area (Å²) in [4.78, 5) is 0. The minimum atomic E-state index is -0.323. The van der Waals surface area contributed by atoms with Gasteiger partial charge in [0.15, 0.2) is 0 Å². The molecule has 0 aliphatic rings. The molecule has 0 unspecified atom stereocenters. The maximum Gasteiger partial charge on any atom is 0.142 e. The van der Waals surface area contributed by atoms with Gasteiger partial charge < -0.3 is 5.32 Å². The molecule has 0 aromatic heterocycles. The molecule has 0 atom stereocenters. The van der Waals surface area contributed by atoms with Crippen molar-refractivity contribution in [3.05, 3.63) is 34.6 Å². The molecule has 0 radical (unpaired) electrons. The number of halogens is 2. The quantitative estimate of drug-likeness (QED) is 0.738. The summed E-state index contributed by atoms with van der Waals surface area (Å²) in [5, 5.41) is 3.51. The minimum absolute atomic E-state index is 0.197. The molecule has 15 heavy (non-hydrogen) atoms. The Bertz CT molecular complexity index is 302.